The Hall–Kier alpha value is -2.16. The molecule has 2 aliphatic rings. The van der Waals surface area contributed by atoms with Crippen LogP contribution in [0.1, 0.15) is 57.2 Å². The van der Waals surface area contributed by atoms with Crippen molar-refractivity contribution in [3.8, 4) is 0 Å². The average Bonchev–Trinajstić information content (AvgIpc) is 3.17. The number of amides is 1. The summed E-state index contributed by atoms with van der Waals surface area (Å²) in [7, 11) is -5.72. The molecule has 0 aliphatic carbocycles. The zero-order valence-corrected chi connectivity index (χ0v) is 23.5. The Morgan fingerprint density at radius 1 is 1.09 bits per heavy atom. The van der Waals surface area contributed by atoms with Gasteiger partial charge in [-0.1, -0.05) is 56.7 Å². The summed E-state index contributed by atoms with van der Waals surface area (Å²) in [5.41, 5.74) is 2.53. The minimum atomic E-state index is -3.82. The number of sulfonamides is 1. The van der Waals surface area contributed by atoms with Gasteiger partial charge in [-0.15, -0.1) is 0 Å². The van der Waals surface area contributed by atoms with E-state index in [1.807, 2.05) is 43.3 Å². The van der Waals surface area contributed by atoms with Gasteiger partial charge in [0.05, 0.1) is 22.7 Å². The molecule has 6 nitrogen and oxygen atoms in total. The zero-order chi connectivity index (χ0) is 25.6. The molecule has 0 radical (unpaired) electrons. The van der Waals surface area contributed by atoms with E-state index in [1.54, 1.807) is 16.4 Å². The van der Waals surface area contributed by atoms with Crippen LogP contribution >= 0.6 is 0 Å². The molecule has 0 saturated carbocycles. The lowest BCUT2D eigenvalue weighted by Gasteiger charge is -2.44. The molecule has 2 heterocycles. The minimum absolute atomic E-state index is 0.0214. The number of rotatable bonds is 7. The van der Waals surface area contributed by atoms with Crippen LogP contribution in [0.15, 0.2) is 53.4 Å². The van der Waals surface area contributed by atoms with E-state index in [9.17, 15) is 13.2 Å². The molecule has 1 amide bonds. The Balaban J connectivity index is 1.69. The Bertz CT molecular complexity index is 1190. The first-order chi connectivity index (χ1) is 16.3. The number of nitrogens with one attached hydrogen (secondary N) is 1. The molecule has 190 valence electrons. The van der Waals surface area contributed by atoms with E-state index < -0.39 is 18.3 Å². The largest absolute Gasteiger partial charge is 0.417 e. The number of carbonyl (C=O) groups is 1. The molecule has 2 aliphatic heterocycles. The molecule has 35 heavy (non-hydrogen) atoms. The van der Waals surface area contributed by atoms with Crippen LogP contribution in [0.3, 0.4) is 0 Å². The lowest BCUT2D eigenvalue weighted by Crippen LogP contribution is -2.50. The number of benzene rings is 2. The maximum atomic E-state index is 14.1. The van der Waals surface area contributed by atoms with Crippen LogP contribution in [0, 0.1) is 12.8 Å². The van der Waals surface area contributed by atoms with Crippen molar-refractivity contribution in [2.45, 2.75) is 82.1 Å². The van der Waals surface area contributed by atoms with Crippen LogP contribution in [-0.4, -0.2) is 35.3 Å². The predicted octanol–water partition coefficient (Wildman–Crippen LogP) is 5.55. The molecule has 1 saturated heterocycles. The Labute approximate surface area is 211 Å². The number of fused-ring (bicyclic) bond motifs is 3. The Morgan fingerprint density at radius 3 is 2.40 bits per heavy atom. The topological polar surface area (TPSA) is 75.7 Å². The standard InChI is InChI=1S/C27H38N2O4SSi/c1-19-13-15-20(16-14-19)34(31,32)29-23-11-8-7-10-21(23)26-22(18-25(30)28-26)24(29)12-9-17-33-35(5,6)27(2,3)4/h7-8,10-11,13-16,22,24,26H,9,12,17-18H2,1-6H3,(H,28,30)/t22-,24-,26+/m0/s1. The number of carbonyl (C=O) groups excluding carboxylic acids is 1. The van der Waals surface area contributed by atoms with Gasteiger partial charge in [-0.3, -0.25) is 9.10 Å². The first-order valence-electron chi connectivity index (χ1n) is 12.5. The third-order valence-corrected chi connectivity index (χ3v) is 14.4. The number of para-hydroxylation sites is 1. The fraction of sp³-hybridized carbons (Fsp3) is 0.519. The van der Waals surface area contributed by atoms with Crippen molar-refractivity contribution in [1.29, 1.82) is 0 Å². The van der Waals surface area contributed by atoms with Gasteiger partial charge in [0, 0.05) is 18.9 Å². The summed E-state index contributed by atoms with van der Waals surface area (Å²) in [5.74, 6) is -0.141. The maximum absolute atomic E-state index is 14.1. The third-order valence-electron chi connectivity index (χ3n) is 7.96. The predicted molar refractivity (Wildman–Crippen MR) is 142 cm³/mol. The molecule has 0 bridgehead atoms. The van der Waals surface area contributed by atoms with E-state index >= 15 is 0 Å². The third kappa shape index (κ3) is 4.93. The van der Waals surface area contributed by atoms with Gasteiger partial charge in [0.1, 0.15) is 0 Å². The SMILES string of the molecule is Cc1ccc(S(=O)(=O)N2c3ccccc3[C@H]3NC(=O)C[C@H]3[C@@H]2CCCO[Si](C)(C)C(C)(C)C)cc1. The van der Waals surface area contributed by atoms with Gasteiger partial charge >= 0.3 is 0 Å². The van der Waals surface area contributed by atoms with E-state index in [1.165, 1.54) is 0 Å². The lowest BCUT2D eigenvalue weighted by molar-refractivity contribution is -0.119. The number of anilines is 1. The van der Waals surface area contributed by atoms with Gasteiger partial charge in [0.25, 0.3) is 10.0 Å². The zero-order valence-electron chi connectivity index (χ0n) is 21.7. The highest BCUT2D eigenvalue weighted by Crippen LogP contribution is 2.48. The van der Waals surface area contributed by atoms with Crippen molar-refractivity contribution in [1.82, 2.24) is 5.32 Å². The van der Waals surface area contributed by atoms with E-state index in [-0.39, 0.29) is 33.8 Å². The summed E-state index contributed by atoms with van der Waals surface area (Å²) in [6.45, 7) is 13.6. The molecule has 1 fully saturated rings. The van der Waals surface area contributed by atoms with Crippen molar-refractivity contribution in [2.75, 3.05) is 10.9 Å². The molecular formula is C27H38N2O4SSi. The number of hydrogen-bond donors (Lipinski definition) is 1. The summed E-state index contributed by atoms with van der Waals surface area (Å²) >= 11 is 0. The highest BCUT2D eigenvalue weighted by atomic mass is 32.2. The number of hydrogen-bond acceptors (Lipinski definition) is 4. The molecule has 1 N–H and O–H groups in total. The first-order valence-corrected chi connectivity index (χ1v) is 16.8. The van der Waals surface area contributed by atoms with E-state index in [2.05, 4.69) is 39.2 Å². The van der Waals surface area contributed by atoms with Crippen LogP contribution in [0.2, 0.25) is 18.1 Å². The first kappa shape index (κ1) is 25.9. The van der Waals surface area contributed by atoms with Crippen LogP contribution in [0.5, 0.6) is 0 Å². The van der Waals surface area contributed by atoms with Crippen molar-refractivity contribution >= 4 is 29.9 Å². The smallest absolute Gasteiger partial charge is 0.264 e. The quantitative estimate of drug-likeness (QED) is 0.388. The Morgan fingerprint density at radius 2 is 1.74 bits per heavy atom. The van der Waals surface area contributed by atoms with Gasteiger partial charge in [-0.05, 0) is 61.7 Å². The molecule has 3 atom stereocenters. The van der Waals surface area contributed by atoms with Gasteiger partial charge in [0.2, 0.25) is 5.91 Å². The lowest BCUT2D eigenvalue weighted by atomic mass is 9.81. The second-order valence-electron chi connectivity index (χ2n) is 11.4. The number of aryl methyl sites for hydroxylation is 1. The minimum Gasteiger partial charge on any atom is -0.417 e. The van der Waals surface area contributed by atoms with Gasteiger partial charge in [-0.2, -0.15) is 0 Å². The Kier molecular flexibility index (Phi) is 6.94. The highest BCUT2D eigenvalue weighted by Gasteiger charge is 2.49. The van der Waals surface area contributed by atoms with Crippen molar-refractivity contribution in [2.24, 2.45) is 5.92 Å². The van der Waals surface area contributed by atoms with E-state index in [0.717, 1.165) is 17.5 Å². The van der Waals surface area contributed by atoms with Crippen LogP contribution < -0.4 is 9.62 Å². The fourth-order valence-corrected chi connectivity index (χ4v) is 7.78. The van der Waals surface area contributed by atoms with Crippen molar-refractivity contribution in [3.05, 3.63) is 59.7 Å². The summed E-state index contributed by atoms with van der Waals surface area (Å²) in [4.78, 5) is 12.8. The molecule has 2 aromatic carbocycles. The summed E-state index contributed by atoms with van der Waals surface area (Å²) in [6, 6.07) is 14.1. The molecule has 0 unspecified atom stereocenters. The van der Waals surface area contributed by atoms with Gasteiger partial charge < -0.3 is 9.74 Å². The number of nitrogens with zero attached hydrogens (tertiary/aromatic N) is 1. The second-order valence-corrected chi connectivity index (χ2v) is 18.0. The van der Waals surface area contributed by atoms with Gasteiger partial charge in [-0.25, -0.2) is 8.42 Å². The molecule has 8 heteroatoms. The highest BCUT2D eigenvalue weighted by molar-refractivity contribution is 7.92. The molecule has 2 aromatic rings. The fourth-order valence-electron chi connectivity index (χ4n) is 4.94. The average molecular weight is 515 g/mol. The van der Waals surface area contributed by atoms with E-state index in [0.29, 0.717) is 25.1 Å². The van der Waals surface area contributed by atoms with E-state index in [4.69, 9.17) is 4.43 Å². The second kappa shape index (κ2) is 9.37. The summed E-state index contributed by atoms with van der Waals surface area (Å²) < 4.78 is 36.1. The van der Waals surface area contributed by atoms with Crippen molar-refractivity contribution in [3.63, 3.8) is 0 Å². The normalized spacial score (nSPS) is 22.5. The van der Waals surface area contributed by atoms with Crippen molar-refractivity contribution < 1.29 is 17.6 Å². The monoisotopic (exact) mass is 514 g/mol. The molecule has 0 aromatic heterocycles. The molecule has 0 spiro atoms. The van der Waals surface area contributed by atoms with Crippen LogP contribution in [0.4, 0.5) is 5.69 Å². The molecule has 4 rings (SSSR count). The summed E-state index contributed by atoms with van der Waals surface area (Å²) in [5, 5.41) is 3.23. The van der Waals surface area contributed by atoms with Crippen LogP contribution in [0.25, 0.3) is 0 Å². The summed E-state index contributed by atoms with van der Waals surface area (Å²) in [6.07, 6.45) is 1.69. The maximum Gasteiger partial charge on any atom is 0.264 e. The van der Waals surface area contributed by atoms with Gasteiger partial charge in [0.15, 0.2) is 8.32 Å². The van der Waals surface area contributed by atoms with Crippen LogP contribution in [-0.2, 0) is 19.2 Å². The molecular weight excluding hydrogens is 476 g/mol.